The average Bonchev–Trinajstić information content (AvgIpc) is 2.59. The lowest BCUT2D eigenvalue weighted by Gasteiger charge is -2.11. The fourth-order valence-corrected chi connectivity index (χ4v) is 2.76. The minimum atomic E-state index is -0.556. The highest BCUT2D eigenvalue weighted by molar-refractivity contribution is 7.71. The second-order valence-corrected chi connectivity index (χ2v) is 6.24. The van der Waals surface area contributed by atoms with E-state index in [1.807, 2.05) is 32.0 Å². The van der Waals surface area contributed by atoms with E-state index < -0.39 is 11.4 Å². The molecule has 2 aromatic carbocycles. The average molecular weight is 369 g/mol. The van der Waals surface area contributed by atoms with Gasteiger partial charge in [-0.25, -0.2) is 4.39 Å². The minimum absolute atomic E-state index is 0.00277. The van der Waals surface area contributed by atoms with Gasteiger partial charge in [0.2, 0.25) is 5.88 Å². The number of benzene rings is 2. The molecule has 0 radical (unpaired) electrons. The van der Waals surface area contributed by atoms with Crippen LogP contribution >= 0.6 is 12.2 Å². The van der Waals surface area contributed by atoms with Crippen molar-refractivity contribution in [1.29, 1.82) is 0 Å². The number of nitrogens with zero attached hydrogens (tertiary/aromatic N) is 2. The van der Waals surface area contributed by atoms with Gasteiger partial charge >= 0.3 is 0 Å². The normalized spacial score (nSPS) is 11.2. The van der Waals surface area contributed by atoms with E-state index in [4.69, 9.17) is 12.2 Å². The molecule has 2 N–H and O–H groups in total. The zero-order valence-corrected chi connectivity index (χ0v) is 15.0. The third kappa shape index (κ3) is 3.48. The number of rotatable bonds is 3. The molecule has 0 spiro atoms. The number of aliphatic imine (C=N–C) groups is 1. The van der Waals surface area contributed by atoms with E-state index >= 15 is 0 Å². The van der Waals surface area contributed by atoms with Crippen LogP contribution in [0.4, 0.5) is 10.1 Å². The number of hydrogen-bond donors (Lipinski definition) is 2. The molecule has 3 rings (SSSR count). The van der Waals surface area contributed by atoms with Crippen LogP contribution in [0.25, 0.3) is 5.69 Å². The topological polar surface area (TPSA) is 70.4 Å². The van der Waals surface area contributed by atoms with Gasteiger partial charge in [-0.05, 0) is 67.5 Å². The number of halogens is 1. The second kappa shape index (κ2) is 7.05. The molecule has 0 atom stereocenters. The molecule has 26 heavy (non-hydrogen) atoms. The molecule has 7 heteroatoms. The van der Waals surface area contributed by atoms with Crippen molar-refractivity contribution in [3.05, 3.63) is 80.1 Å². The standard InChI is InChI=1S/C19H16FN3O2S/c1-11-3-4-12(2)16(9-11)21-10-15-17(24)22-19(26)23(18(15)25)14-7-5-13(20)6-8-14/h3-10,25H,1-2H3,(H,22,24,26). The van der Waals surface area contributed by atoms with Crippen LogP contribution < -0.4 is 5.56 Å². The first-order chi connectivity index (χ1) is 12.4. The van der Waals surface area contributed by atoms with Crippen LogP contribution in [0.15, 0.2) is 52.3 Å². The van der Waals surface area contributed by atoms with Crippen LogP contribution in [0, 0.1) is 24.4 Å². The summed E-state index contributed by atoms with van der Waals surface area (Å²) < 4.78 is 14.4. The Morgan fingerprint density at radius 2 is 1.88 bits per heavy atom. The van der Waals surface area contributed by atoms with Crippen LogP contribution in [-0.4, -0.2) is 20.9 Å². The lowest BCUT2D eigenvalue weighted by atomic mass is 10.1. The van der Waals surface area contributed by atoms with Crippen molar-refractivity contribution in [3.8, 4) is 11.6 Å². The molecule has 0 saturated heterocycles. The summed E-state index contributed by atoms with van der Waals surface area (Å²) in [5.74, 6) is -0.777. The summed E-state index contributed by atoms with van der Waals surface area (Å²) in [4.78, 5) is 19.1. The van der Waals surface area contributed by atoms with Gasteiger partial charge in [0.1, 0.15) is 11.4 Å². The predicted octanol–water partition coefficient (Wildman–Crippen LogP) is 4.11. The van der Waals surface area contributed by atoms with Crippen molar-refractivity contribution in [1.82, 2.24) is 9.55 Å². The molecular formula is C19H16FN3O2S. The highest BCUT2D eigenvalue weighted by Gasteiger charge is 2.12. The van der Waals surface area contributed by atoms with Gasteiger partial charge in [-0.15, -0.1) is 0 Å². The summed E-state index contributed by atoms with van der Waals surface area (Å²) in [5.41, 5.74) is 2.49. The third-order valence-corrected chi connectivity index (χ3v) is 4.19. The smallest absolute Gasteiger partial charge is 0.264 e. The largest absolute Gasteiger partial charge is 0.494 e. The summed E-state index contributed by atoms with van der Waals surface area (Å²) in [7, 11) is 0. The Labute approximate surface area is 154 Å². The minimum Gasteiger partial charge on any atom is -0.494 e. The van der Waals surface area contributed by atoms with Crippen LogP contribution in [0.5, 0.6) is 5.88 Å². The summed E-state index contributed by atoms with van der Waals surface area (Å²) in [6.45, 7) is 3.85. The predicted molar refractivity (Wildman–Crippen MR) is 102 cm³/mol. The monoisotopic (exact) mass is 369 g/mol. The van der Waals surface area contributed by atoms with Gasteiger partial charge < -0.3 is 5.11 Å². The molecule has 0 bridgehead atoms. The fraction of sp³-hybridized carbons (Fsp3) is 0.105. The van der Waals surface area contributed by atoms with Gasteiger partial charge in [0, 0.05) is 6.21 Å². The molecule has 0 aliphatic rings. The van der Waals surface area contributed by atoms with Crippen molar-refractivity contribution < 1.29 is 9.50 Å². The molecule has 5 nitrogen and oxygen atoms in total. The number of aryl methyl sites for hydroxylation is 2. The van der Waals surface area contributed by atoms with E-state index in [9.17, 15) is 14.3 Å². The highest BCUT2D eigenvalue weighted by Crippen LogP contribution is 2.22. The van der Waals surface area contributed by atoms with E-state index in [0.717, 1.165) is 11.1 Å². The molecule has 0 fully saturated rings. The van der Waals surface area contributed by atoms with E-state index in [1.54, 1.807) is 0 Å². The zero-order valence-electron chi connectivity index (χ0n) is 14.2. The first kappa shape index (κ1) is 17.8. The quantitative estimate of drug-likeness (QED) is 0.539. The van der Waals surface area contributed by atoms with Gasteiger partial charge in [-0.1, -0.05) is 12.1 Å². The Bertz CT molecular complexity index is 1120. The van der Waals surface area contributed by atoms with Crippen LogP contribution in [0.2, 0.25) is 0 Å². The van der Waals surface area contributed by atoms with Gasteiger partial charge in [-0.3, -0.25) is 19.3 Å². The summed E-state index contributed by atoms with van der Waals surface area (Å²) in [6, 6.07) is 11.2. The molecule has 1 aromatic heterocycles. The number of aromatic amines is 1. The van der Waals surface area contributed by atoms with Gasteiger partial charge in [-0.2, -0.15) is 0 Å². The molecule has 3 aromatic rings. The molecular weight excluding hydrogens is 353 g/mol. The van der Waals surface area contributed by atoms with Crippen LogP contribution in [0.3, 0.4) is 0 Å². The van der Waals surface area contributed by atoms with Crippen molar-refractivity contribution >= 4 is 24.1 Å². The van der Waals surface area contributed by atoms with Crippen LogP contribution in [0.1, 0.15) is 16.7 Å². The maximum Gasteiger partial charge on any atom is 0.264 e. The Morgan fingerprint density at radius 3 is 2.58 bits per heavy atom. The van der Waals surface area contributed by atoms with Crippen LogP contribution in [-0.2, 0) is 0 Å². The lowest BCUT2D eigenvalue weighted by molar-refractivity contribution is 0.432. The SMILES string of the molecule is Cc1ccc(C)c(N=Cc2c(O)n(-c3ccc(F)cc3)c(=S)[nH]c2=O)c1. The first-order valence-electron chi connectivity index (χ1n) is 7.82. The zero-order chi connectivity index (χ0) is 18.8. The Kier molecular flexibility index (Phi) is 4.81. The molecule has 132 valence electrons. The van der Waals surface area contributed by atoms with Gasteiger partial charge in [0.15, 0.2) is 4.77 Å². The van der Waals surface area contributed by atoms with Crippen molar-refractivity contribution in [2.24, 2.45) is 4.99 Å². The number of aromatic hydroxyl groups is 1. The maximum atomic E-state index is 13.1. The van der Waals surface area contributed by atoms with Crippen molar-refractivity contribution in [2.75, 3.05) is 0 Å². The van der Waals surface area contributed by atoms with Gasteiger partial charge in [0.25, 0.3) is 5.56 Å². The number of hydrogen-bond acceptors (Lipinski definition) is 4. The Hall–Kier alpha value is -3.06. The number of H-pyrrole nitrogens is 1. The third-order valence-electron chi connectivity index (χ3n) is 3.90. The van der Waals surface area contributed by atoms with Crippen molar-refractivity contribution in [3.63, 3.8) is 0 Å². The molecule has 1 heterocycles. The second-order valence-electron chi connectivity index (χ2n) is 5.86. The Balaban J connectivity index is 2.14. The maximum absolute atomic E-state index is 13.1. The van der Waals surface area contributed by atoms with E-state index in [0.29, 0.717) is 11.4 Å². The number of aromatic nitrogens is 2. The van der Waals surface area contributed by atoms with E-state index in [1.165, 1.54) is 35.0 Å². The molecule has 0 amide bonds. The molecule has 0 aliphatic carbocycles. The molecule has 0 aliphatic heterocycles. The van der Waals surface area contributed by atoms with E-state index in [-0.39, 0.29) is 16.2 Å². The molecule has 0 saturated carbocycles. The summed E-state index contributed by atoms with van der Waals surface area (Å²) in [5, 5.41) is 10.6. The summed E-state index contributed by atoms with van der Waals surface area (Å²) >= 11 is 5.13. The first-order valence-corrected chi connectivity index (χ1v) is 8.23. The lowest BCUT2D eigenvalue weighted by Crippen LogP contribution is -2.18. The van der Waals surface area contributed by atoms with E-state index in [2.05, 4.69) is 9.98 Å². The highest BCUT2D eigenvalue weighted by atomic mass is 32.1. The fourth-order valence-electron chi connectivity index (χ4n) is 2.48. The number of nitrogens with one attached hydrogen (secondary N) is 1. The van der Waals surface area contributed by atoms with Crippen molar-refractivity contribution in [2.45, 2.75) is 13.8 Å². The summed E-state index contributed by atoms with van der Waals surface area (Å²) in [6.07, 6.45) is 1.30. The Morgan fingerprint density at radius 1 is 1.19 bits per heavy atom. The van der Waals surface area contributed by atoms with Gasteiger partial charge in [0.05, 0.1) is 11.4 Å². The molecule has 0 unspecified atom stereocenters.